The lowest BCUT2D eigenvalue weighted by atomic mass is 9.92. The minimum Gasteiger partial charge on any atom is -0.481 e. The maximum atomic E-state index is 12.4. The summed E-state index contributed by atoms with van der Waals surface area (Å²) < 4.78 is 0. The highest BCUT2D eigenvalue weighted by Crippen LogP contribution is 2.23. The summed E-state index contributed by atoms with van der Waals surface area (Å²) in [5.74, 6) is 0.253. The maximum Gasteiger partial charge on any atom is 0.307 e. The second-order valence-electron chi connectivity index (χ2n) is 6.07. The Kier molecular flexibility index (Phi) is 5.41. The van der Waals surface area contributed by atoms with Crippen LogP contribution in [0.15, 0.2) is 42.5 Å². The Morgan fingerprint density at radius 3 is 2.54 bits per heavy atom. The van der Waals surface area contributed by atoms with Gasteiger partial charge in [-0.05, 0) is 22.8 Å². The van der Waals surface area contributed by atoms with Crippen molar-refractivity contribution in [3.8, 4) is 0 Å². The molecule has 0 aliphatic carbocycles. The van der Waals surface area contributed by atoms with E-state index in [9.17, 15) is 14.7 Å². The first-order valence-electron chi connectivity index (χ1n) is 8.20. The van der Waals surface area contributed by atoms with Gasteiger partial charge < -0.3 is 10.0 Å². The molecule has 5 heteroatoms. The smallest absolute Gasteiger partial charge is 0.307 e. The molecule has 1 N–H and O–H groups in total. The topological polar surface area (TPSA) is 57.6 Å². The number of thioether (sulfide) groups is 1. The highest BCUT2D eigenvalue weighted by Gasteiger charge is 2.26. The van der Waals surface area contributed by atoms with Gasteiger partial charge in [-0.1, -0.05) is 42.5 Å². The molecule has 1 heterocycles. The number of rotatable bonds is 5. The van der Waals surface area contributed by atoms with Crippen LogP contribution in [0.25, 0.3) is 10.8 Å². The van der Waals surface area contributed by atoms with Crippen molar-refractivity contribution in [2.75, 3.05) is 24.6 Å². The van der Waals surface area contributed by atoms with Gasteiger partial charge in [-0.3, -0.25) is 9.59 Å². The van der Waals surface area contributed by atoms with Crippen molar-refractivity contribution < 1.29 is 14.7 Å². The fraction of sp³-hybridized carbons (Fsp3) is 0.368. The van der Waals surface area contributed by atoms with Gasteiger partial charge in [0.2, 0.25) is 5.91 Å². The van der Waals surface area contributed by atoms with Gasteiger partial charge in [0.05, 0.1) is 5.92 Å². The van der Waals surface area contributed by atoms with Crippen molar-refractivity contribution in [3.63, 3.8) is 0 Å². The summed E-state index contributed by atoms with van der Waals surface area (Å²) in [6.45, 7) is 1.45. The molecule has 0 bridgehead atoms. The van der Waals surface area contributed by atoms with Gasteiger partial charge in [-0.25, -0.2) is 0 Å². The zero-order valence-electron chi connectivity index (χ0n) is 13.5. The van der Waals surface area contributed by atoms with E-state index in [0.717, 1.165) is 40.9 Å². The number of hydrogen-bond donors (Lipinski definition) is 1. The fourth-order valence-corrected chi connectivity index (χ4v) is 4.04. The predicted octanol–water partition coefficient (Wildman–Crippen LogP) is 3.05. The molecule has 1 fully saturated rings. The third kappa shape index (κ3) is 3.90. The maximum absolute atomic E-state index is 12.4. The lowest BCUT2D eigenvalue weighted by Crippen LogP contribution is -2.39. The quantitative estimate of drug-likeness (QED) is 0.906. The number of amides is 1. The third-order valence-corrected chi connectivity index (χ3v) is 5.42. The Morgan fingerprint density at radius 2 is 1.79 bits per heavy atom. The van der Waals surface area contributed by atoms with E-state index in [2.05, 4.69) is 0 Å². The van der Waals surface area contributed by atoms with Crippen LogP contribution in [0.3, 0.4) is 0 Å². The summed E-state index contributed by atoms with van der Waals surface area (Å²) in [6.07, 6.45) is 0.453. The average molecular weight is 343 g/mol. The van der Waals surface area contributed by atoms with Crippen LogP contribution in [0, 0.1) is 5.92 Å². The highest BCUT2D eigenvalue weighted by atomic mass is 32.2. The Hall–Kier alpha value is -2.01. The molecule has 2 aromatic rings. The van der Waals surface area contributed by atoms with Gasteiger partial charge >= 0.3 is 5.97 Å². The van der Waals surface area contributed by atoms with E-state index in [1.165, 1.54) is 0 Å². The first kappa shape index (κ1) is 16.8. The Morgan fingerprint density at radius 1 is 1.08 bits per heavy atom. The molecule has 0 unspecified atom stereocenters. The summed E-state index contributed by atoms with van der Waals surface area (Å²) in [7, 11) is 0. The Bertz CT molecular complexity index is 735. The van der Waals surface area contributed by atoms with Crippen molar-refractivity contribution >= 4 is 34.4 Å². The number of nitrogens with zero attached hydrogens (tertiary/aromatic N) is 1. The first-order valence-corrected chi connectivity index (χ1v) is 9.35. The molecule has 1 saturated heterocycles. The van der Waals surface area contributed by atoms with Crippen LogP contribution in [-0.4, -0.2) is 46.5 Å². The number of carbonyl (C=O) groups is 2. The average Bonchev–Trinajstić information content (AvgIpc) is 2.62. The Balaban J connectivity index is 1.76. The minimum atomic E-state index is -0.900. The van der Waals surface area contributed by atoms with E-state index < -0.39 is 11.9 Å². The van der Waals surface area contributed by atoms with Crippen molar-refractivity contribution in [1.29, 1.82) is 0 Å². The molecule has 4 nitrogen and oxygen atoms in total. The second-order valence-corrected chi connectivity index (χ2v) is 7.30. The van der Waals surface area contributed by atoms with Gasteiger partial charge in [-0.2, -0.15) is 11.8 Å². The molecule has 1 aliphatic rings. The normalized spacial score (nSPS) is 16.1. The van der Waals surface area contributed by atoms with Crippen molar-refractivity contribution in [2.45, 2.75) is 12.8 Å². The lowest BCUT2D eigenvalue weighted by molar-refractivity contribution is -0.145. The van der Waals surface area contributed by atoms with Crippen LogP contribution in [0.1, 0.15) is 12.0 Å². The lowest BCUT2D eigenvalue weighted by Gasteiger charge is -2.27. The summed E-state index contributed by atoms with van der Waals surface area (Å²) in [4.78, 5) is 25.9. The van der Waals surface area contributed by atoms with E-state index in [4.69, 9.17) is 0 Å². The SMILES string of the molecule is O=C(O)[C@@H](CC(=O)N1CCSCC1)Cc1cccc2ccccc12. The number of fused-ring (bicyclic) bond motifs is 1. The van der Waals surface area contributed by atoms with E-state index in [0.29, 0.717) is 6.42 Å². The van der Waals surface area contributed by atoms with Crippen LogP contribution in [0.2, 0.25) is 0 Å². The van der Waals surface area contributed by atoms with Gasteiger partial charge in [0.25, 0.3) is 0 Å². The predicted molar refractivity (Wildman–Crippen MR) is 97.3 cm³/mol. The molecule has 1 amide bonds. The van der Waals surface area contributed by atoms with Crippen molar-refractivity contribution in [2.24, 2.45) is 5.92 Å². The van der Waals surface area contributed by atoms with Crippen LogP contribution < -0.4 is 0 Å². The van der Waals surface area contributed by atoms with E-state index in [1.54, 1.807) is 4.90 Å². The monoisotopic (exact) mass is 343 g/mol. The zero-order valence-corrected chi connectivity index (χ0v) is 14.3. The van der Waals surface area contributed by atoms with Gasteiger partial charge in [0, 0.05) is 31.0 Å². The molecule has 24 heavy (non-hydrogen) atoms. The molecule has 126 valence electrons. The zero-order chi connectivity index (χ0) is 16.9. The van der Waals surface area contributed by atoms with Gasteiger partial charge in [-0.15, -0.1) is 0 Å². The number of benzene rings is 2. The van der Waals surface area contributed by atoms with Gasteiger partial charge in [0.15, 0.2) is 0 Å². The molecule has 0 aromatic heterocycles. The molecular formula is C19H21NO3S. The molecule has 0 radical (unpaired) electrons. The highest BCUT2D eigenvalue weighted by molar-refractivity contribution is 7.99. The van der Waals surface area contributed by atoms with E-state index >= 15 is 0 Å². The first-order chi connectivity index (χ1) is 11.6. The molecule has 1 atom stereocenters. The number of carbonyl (C=O) groups excluding carboxylic acids is 1. The molecular weight excluding hydrogens is 322 g/mol. The third-order valence-electron chi connectivity index (χ3n) is 4.48. The Labute approximate surface area is 145 Å². The number of carboxylic acid groups (broad SMARTS) is 1. The van der Waals surface area contributed by atoms with E-state index in [-0.39, 0.29) is 12.3 Å². The molecule has 2 aromatic carbocycles. The number of carboxylic acids is 1. The molecule has 1 aliphatic heterocycles. The summed E-state index contributed by atoms with van der Waals surface area (Å²) in [5, 5.41) is 11.7. The van der Waals surface area contributed by atoms with Crippen LogP contribution in [-0.2, 0) is 16.0 Å². The van der Waals surface area contributed by atoms with Gasteiger partial charge in [0.1, 0.15) is 0 Å². The van der Waals surface area contributed by atoms with Crippen LogP contribution >= 0.6 is 11.8 Å². The van der Waals surface area contributed by atoms with Crippen molar-refractivity contribution in [3.05, 3.63) is 48.0 Å². The molecule has 0 saturated carbocycles. The largest absolute Gasteiger partial charge is 0.481 e. The number of hydrogen-bond acceptors (Lipinski definition) is 3. The van der Waals surface area contributed by atoms with E-state index in [1.807, 2.05) is 54.2 Å². The van der Waals surface area contributed by atoms with Crippen LogP contribution in [0.5, 0.6) is 0 Å². The fourth-order valence-electron chi connectivity index (χ4n) is 3.14. The summed E-state index contributed by atoms with van der Waals surface area (Å²) in [5.41, 5.74) is 0.988. The molecule has 0 spiro atoms. The number of aliphatic carboxylic acids is 1. The summed E-state index contributed by atoms with van der Waals surface area (Å²) >= 11 is 1.84. The van der Waals surface area contributed by atoms with Crippen molar-refractivity contribution in [1.82, 2.24) is 4.90 Å². The van der Waals surface area contributed by atoms with Crippen LogP contribution in [0.4, 0.5) is 0 Å². The standard InChI is InChI=1S/C19H21NO3S/c21-18(20-8-10-24-11-9-20)13-16(19(22)23)12-15-6-3-5-14-4-1-2-7-17(14)15/h1-7,16H,8-13H2,(H,22,23)/t16-/m1/s1. The summed E-state index contributed by atoms with van der Waals surface area (Å²) in [6, 6.07) is 13.9. The minimum absolute atomic E-state index is 0.0389. The molecule has 3 rings (SSSR count). The second kappa shape index (κ2) is 7.71.